The fourth-order valence-corrected chi connectivity index (χ4v) is 3.66. The van der Waals surface area contributed by atoms with E-state index in [2.05, 4.69) is 32.3 Å². The lowest BCUT2D eigenvalue weighted by Gasteiger charge is -2.33. The quantitative estimate of drug-likeness (QED) is 0.669. The molecule has 6 nitrogen and oxygen atoms in total. The minimum Gasteiger partial charge on any atom is -0.507 e. The summed E-state index contributed by atoms with van der Waals surface area (Å²) in [6.45, 7) is 6.94. The van der Waals surface area contributed by atoms with Gasteiger partial charge in [0, 0.05) is 36.9 Å². The highest BCUT2D eigenvalue weighted by Crippen LogP contribution is 2.31. The molecule has 0 spiro atoms. The number of phenols is 1. The Morgan fingerprint density at radius 3 is 2.86 bits per heavy atom. The van der Waals surface area contributed by atoms with E-state index in [-0.39, 0.29) is 12.4 Å². The van der Waals surface area contributed by atoms with Crippen molar-refractivity contribution in [3.8, 4) is 28.8 Å². The first kappa shape index (κ1) is 20.1. The van der Waals surface area contributed by atoms with Crippen LogP contribution in [0.2, 0.25) is 0 Å². The second kappa shape index (κ2) is 9.54. The van der Waals surface area contributed by atoms with E-state index in [4.69, 9.17) is 5.11 Å². The second-order valence-electron chi connectivity index (χ2n) is 7.23. The lowest BCUT2D eigenvalue weighted by Crippen LogP contribution is -2.42. The molecule has 3 rings (SSSR count). The molecule has 1 aliphatic rings. The molecule has 28 heavy (non-hydrogen) atoms. The normalized spacial score (nSPS) is 17.0. The average molecular weight is 380 g/mol. The first-order chi connectivity index (χ1) is 13.6. The molecule has 1 aromatic carbocycles. The lowest BCUT2D eigenvalue weighted by atomic mass is 10.0. The molecule has 0 radical (unpaired) electrons. The number of aromatic nitrogens is 2. The molecule has 148 valence electrons. The number of aliphatic hydroxyl groups excluding tert-OH is 1. The van der Waals surface area contributed by atoms with Crippen molar-refractivity contribution in [3.05, 3.63) is 35.4 Å². The average Bonchev–Trinajstić information content (AvgIpc) is 2.68. The Morgan fingerprint density at radius 2 is 2.14 bits per heavy atom. The molecule has 1 saturated heterocycles. The van der Waals surface area contributed by atoms with Crippen LogP contribution in [0.1, 0.15) is 37.3 Å². The number of hydrogen-bond acceptors (Lipinski definition) is 6. The molecule has 3 N–H and O–H groups in total. The van der Waals surface area contributed by atoms with Crippen molar-refractivity contribution < 1.29 is 10.2 Å². The fourth-order valence-electron chi connectivity index (χ4n) is 3.66. The maximum absolute atomic E-state index is 10.4. The molecule has 2 aromatic rings. The van der Waals surface area contributed by atoms with Gasteiger partial charge >= 0.3 is 0 Å². The first-order valence-corrected chi connectivity index (χ1v) is 9.81. The Labute approximate surface area is 166 Å². The number of phenolic OH excluding ortho intramolecular Hbond substituents is 1. The van der Waals surface area contributed by atoms with Crippen LogP contribution >= 0.6 is 0 Å². The van der Waals surface area contributed by atoms with Crippen LogP contribution in [-0.4, -0.2) is 57.6 Å². The predicted molar refractivity (Wildman–Crippen MR) is 111 cm³/mol. The van der Waals surface area contributed by atoms with Crippen molar-refractivity contribution in [1.29, 1.82) is 0 Å². The van der Waals surface area contributed by atoms with Crippen molar-refractivity contribution in [1.82, 2.24) is 15.1 Å². The summed E-state index contributed by atoms with van der Waals surface area (Å²) in [4.78, 5) is 2.38. The second-order valence-corrected chi connectivity index (χ2v) is 7.23. The van der Waals surface area contributed by atoms with E-state index in [0.29, 0.717) is 17.3 Å². The van der Waals surface area contributed by atoms with Crippen molar-refractivity contribution >= 4 is 5.82 Å². The van der Waals surface area contributed by atoms with Crippen LogP contribution in [-0.2, 0) is 0 Å². The molecule has 0 amide bonds. The maximum Gasteiger partial charge on any atom is 0.149 e. The van der Waals surface area contributed by atoms with E-state index in [9.17, 15) is 5.11 Å². The van der Waals surface area contributed by atoms with Crippen LogP contribution in [0.15, 0.2) is 24.3 Å². The number of nitrogens with one attached hydrogen (secondary N) is 1. The Morgan fingerprint density at radius 1 is 1.29 bits per heavy atom. The van der Waals surface area contributed by atoms with Gasteiger partial charge in [-0.25, -0.2) is 0 Å². The monoisotopic (exact) mass is 380 g/mol. The van der Waals surface area contributed by atoms with Gasteiger partial charge in [0.25, 0.3) is 0 Å². The molecule has 1 aromatic heterocycles. The van der Waals surface area contributed by atoms with Crippen molar-refractivity contribution in [2.75, 3.05) is 31.6 Å². The third kappa shape index (κ3) is 5.00. The summed E-state index contributed by atoms with van der Waals surface area (Å²) in [5.74, 6) is 6.68. The van der Waals surface area contributed by atoms with Gasteiger partial charge < -0.3 is 20.4 Å². The largest absolute Gasteiger partial charge is 0.507 e. The van der Waals surface area contributed by atoms with Gasteiger partial charge in [-0.1, -0.05) is 5.92 Å². The molecule has 6 heteroatoms. The summed E-state index contributed by atoms with van der Waals surface area (Å²) < 4.78 is 0. The van der Waals surface area contributed by atoms with Gasteiger partial charge in [-0.2, -0.15) is 0 Å². The Kier molecular flexibility index (Phi) is 6.85. The molecular formula is C22H28N4O2. The van der Waals surface area contributed by atoms with Crippen molar-refractivity contribution in [3.63, 3.8) is 0 Å². The van der Waals surface area contributed by atoms with E-state index in [1.54, 1.807) is 13.0 Å². The van der Waals surface area contributed by atoms with E-state index >= 15 is 0 Å². The van der Waals surface area contributed by atoms with Gasteiger partial charge in [0.2, 0.25) is 0 Å². The van der Waals surface area contributed by atoms with E-state index in [1.807, 2.05) is 25.1 Å². The minimum atomic E-state index is 0.158. The first-order valence-electron chi connectivity index (χ1n) is 9.81. The Hall–Kier alpha value is -2.62. The summed E-state index contributed by atoms with van der Waals surface area (Å²) in [5.41, 5.74) is 3.06. The number of aryl methyl sites for hydroxylation is 1. The van der Waals surface area contributed by atoms with Gasteiger partial charge in [-0.3, -0.25) is 0 Å². The van der Waals surface area contributed by atoms with Gasteiger partial charge in [0.05, 0.1) is 5.69 Å². The Balaban J connectivity index is 1.71. The summed E-state index contributed by atoms with van der Waals surface area (Å²) in [6.07, 6.45) is 3.04. The predicted octanol–water partition coefficient (Wildman–Crippen LogP) is 2.79. The summed E-state index contributed by atoms with van der Waals surface area (Å²) in [7, 11) is 0. The molecule has 0 saturated carbocycles. The highest BCUT2D eigenvalue weighted by atomic mass is 16.3. The molecule has 1 atom stereocenters. The smallest absolute Gasteiger partial charge is 0.149 e. The number of benzene rings is 1. The van der Waals surface area contributed by atoms with Crippen LogP contribution < -0.4 is 5.32 Å². The third-order valence-electron chi connectivity index (χ3n) is 5.00. The fraction of sp³-hybridized carbons (Fsp3) is 0.455. The summed E-state index contributed by atoms with van der Waals surface area (Å²) in [6, 6.07) is 7.67. The molecular weight excluding hydrogens is 352 g/mol. The van der Waals surface area contributed by atoms with Crippen LogP contribution in [0.3, 0.4) is 0 Å². The van der Waals surface area contributed by atoms with Gasteiger partial charge in [0.15, 0.2) is 0 Å². The lowest BCUT2D eigenvalue weighted by molar-refractivity contribution is 0.190. The van der Waals surface area contributed by atoms with E-state index in [0.717, 1.165) is 55.8 Å². The zero-order valence-electron chi connectivity index (χ0n) is 16.6. The van der Waals surface area contributed by atoms with Crippen LogP contribution in [0.5, 0.6) is 5.75 Å². The van der Waals surface area contributed by atoms with Gasteiger partial charge in [-0.15, -0.1) is 16.1 Å². The SMILES string of the molecule is CC#Cc1ccc(-c2nnc(N[C@@H]3CCCN(CCCO)C3)cc2C)c(O)c1. The van der Waals surface area contributed by atoms with Crippen molar-refractivity contribution in [2.24, 2.45) is 0 Å². The molecule has 1 fully saturated rings. The third-order valence-corrected chi connectivity index (χ3v) is 5.00. The number of rotatable bonds is 6. The number of hydrogen-bond donors (Lipinski definition) is 3. The number of piperidine rings is 1. The van der Waals surface area contributed by atoms with Crippen LogP contribution in [0.25, 0.3) is 11.3 Å². The Bertz CT molecular complexity index is 873. The summed E-state index contributed by atoms with van der Waals surface area (Å²) in [5, 5.41) is 31.6. The molecule has 2 heterocycles. The van der Waals surface area contributed by atoms with Gasteiger partial charge in [-0.05, 0) is 69.5 Å². The number of aromatic hydroxyl groups is 1. The van der Waals surface area contributed by atoms with E-state index in [1.165, 1.54) is 0 Å². The van der Waals surface area contributed by atoms with Crippen molar-refractivity contribution in [2.45, 2.75) is 39.2 Å². The molecule has 0 unspecified atom stereocenters. The van der Waals surface area contributed by atoms with Gasteiger partial charge in [0.1, 0.15) is 11.6 Å². The number of nitrogens with zero attached hydrogens (tertiary/aromatic N) is 3. The number of likely N-dealkylation sites (tertiary alicyclic amines) is 1. The van der Waals surface area contributed by atoms with Crippen LogP contribution in [0, 0.1) is 18.8 Å². The highest BCUT2D eigenvalue weighted by molar-refractivity contribution is 5.71. The molecule has 0 bridgehead atoms. The standard InChI is InChI=1S/C22H28N4O2/c1-3-6-17-8-9-19(20(28)14-17)22-16(2)13-21(24-25-22)23-18-7-4-10-26(15-18)11-5-12-27/h8-9,13-14,18,27-28H,4-5,7,10-12,15H2,1-2H3,(H,23,24)/t18-/m1/s1. The van der Waals surface area contributed by atoms with E-state index < -0.39 is 0 Å². The summed E-state index contributed by atoms with van der Waals surface area (Å²) >= 11 is 0. The highest BCUT2D eigenvalue weighted by Gasteiger charge is 2.20. The zero-order chi connectivity index (χ0) is 19.9. The topological polar surface area (TPSA) is 81.5 Å². The number of aliphatic hydroxyl groups is 1. The molecule has 0 aliphatic carbocycles. The molecule has 1 aliphatic heterocycles. The maximum atomic E-state index is 10.4. The van der Waals surface area contributed by atoms with Crippen LogP contribution in [0.4, 0.5) is 5.82 Å². The number of anilines is 1. The zero-order valence-corrected chi connectivity index (χ0v) is 16.6. The minimum absolute atomic E-state index is 0.158.